The van der Waals surface area contributed by atoms with E-state index < -0.39 is 17.6 Å². The lowest BCUT2D eigenvalue weighted by molar-refractivity contribution is -0.137. The van der Waals surface area contributed by atoms with Gasteiger partial charge in [-0.25, -0.2) is 4.98 Å². The number of aromatic amines is 1. The number of nitrogens with one attached hydrogen (secondary N) is 3. The molecule has 0 radical (unpaired) electrons. The second-order valence-electron chi connectivity index (χ2n) is 8.53. The fourth-order valence-electron chi connectivity index (χ4n) is 3.94. The number of pyridine rings is 1. The first-order valence-electron chi connectivity index (χ1n) is 11.3. The minimum absolute atomic E-state index is 0.0524. The molecule has 0 aliphatic rings. The van der Waals surface area contributed by atoms with E-state index in [4.69, 9.17) is 0 Å². The molecule has 0 spiro atoms. The van der Waals surface area contributed by atoms with Crippen molar-refractivity contribution < 1.29 is 23.1 Å². The van der Waals surface area contributed by atoms with Crippen LogP contribution in [0.3, 0.4) is 0 Å². The number of aromatic nitrogens is 2. The molecule has 0 bridgehead atoms. The van der Waals surface area contributed by atoms with Gasteiger partial charge in [-0.2, -0.15) is 13.2 Å². The quantitative estimate of drug-likeness (QED) is 0.204. The Kier molecular flexibility index (Phi) is 6.04. The van der Waals surface area contributed by atoms with Crippen LogP contribution < -0.4 is 10.6 Å². The molecule has 0 fully saturated rings. The zero-order valence-electron chi connectivity index (χ0n) is 19.5. The number of anilines is 3. The van der Waals surface area contributed by atoms with E-state index in [1.165, 1.54) is 12.1 Å². The van der Waals surface area contributed by atoms with Gasteiger partial charge in [-0.1, -0.05) is 12.1 Å². The van der Waals surface area contributed by atoms with Gasteiger partial charge in [0.2, 0.25) is 0 Å². The summed E-state index contributed by atoms with van der Waals surface area (Å²) in [4.78, 5) is 20.6. The molecule has 0 aliphatic carbocycles. The third kappa shape index (κ3) is 5.11. The molecule has 37 heavy (non-hydrogen) atoms. The third-order valence-electron chi connectivity index (χ3n) is 5.91. The maximum absolute atomic E-state index is 13.0. The van der Waals surface area contributed by atoms with Crippen molar-refractivity contribution in [3.63, 3.8) is 0 Å². The predicted molar refractivity (Wildman–Crippen MR) is 137 cm³/mol. The lowest BCUT2D eigenvalue weighted by Gasteiger charge is -2.14. The Morgan fingerprint density at radius 3 is 2.49 bits per heavy atom. The molecule has 2 heterocycles. The monoisotopic (exact) mass is 502 g/mol. The summed E-state index contributed by atoms with van der Waals surface area (Å²) in [5.74, 6) is -0.382. The first kappa shape index (κ1) is 23.9. The van der Waals surface area contributed by atoms with Crippen LogP contribution in [0.2, 0.25) is 0 Å². The molecule has 1 amide bonds. The van der Waals surface area contributed by atoms with E-state index in [1.54, 1.807) is 48.7 Å². The number of benzene rings is 3. The van der Waals surface area contributed by atoms with Gasteiger partial charge in [0.25, 0.3) is 5.91 Å². The molecule has 5 rings (SSSR count). The van der Waals surface area contributed by atoms with E-state index in [1.807, 2.05) is 19.1 Å². The number of amides is 1. The average Bonchev–Trinajstić information content (AvgIpc) is 3.34. The molecule has 2 aromatic heterocycles. The van der Waals surface area contributed by atoms with Gasteiger partial charge in [0.05, 0.1) is 16.9 Å². The molecule has 9 heteroatoms. The van der Waals surface area contributed by atoms with Gasteiger partial charge in [0, 0.05) is 34.1 Å². The van der Waals surface area contributed by atoms with Gasteiger partial charge >= 0.3 is 6.18 Å². The normalized spacial score (nSPS) is 11.5. The molecule has 0 saturated heterocycles. The molecule has 5 aromatic rings. The SMILES string of the molecule is Cc1ccc(C(=O)Nc2cccc(C(F)(F)F)c2)cc1Nc1cc(-c2ccc(O)cc2)nc2[nH]ccc12. The van der Waals surface area contributed by atoms with Crippen LogP contribution in [0.4, 0.5) is 30.2 Å². The minimum atomic E-state index is -4.51. The van der Waals surface area contributed by atoms with Crippen LogP contribution in [-0.4, -0.2) is 21.0 Å². The summed E-state index contributed by atoms with van der Waals surface area (Å²) in [6.45, 7) is 1.88. The Morgan fingerprint density at radius 2 is 1.73 bits per heavy atom. The first-order valence-corrected chi connectivity index (χ1v) is 11.3. The topological polar surface area (TPSA) is 90.0 Å². The lowest BCUT2D eigenvalue weighted by atomic mass is 10.1. The Balaban J connectivity index is 1.45. The Labute approximate surface area is 209 Å². The van der Waals surface area contributed by atoms with E-state index in [0.717, 1.165) is 34.3 Å². The number of alkyl halides is 3. The first-order chi connectivity index (χ1) is 17.7. The van der Waals surface area contributed by atoms with E-state index in [-0.39, 0.29) is 17.0 Å². The maximum atomic E-state index is 13.0. The molecule has 0 unspecified atom stereocenters. The molecule has 4 N–H and O–H groups in total. The highest BCUT2D eigenvalue weighted by Crippen LogP contribution is 2.33. The number of carbonyl (C=O) groups excluding carboxylic acids is 1. The minimum Gasteiger partial charge on any atom is -0.508 e. The number of hydrogen-bond acceptors (Lipinski definition) is 4. The van der Waals surface area contributed by atoms with Crippen molar-refractivity contribution in [2.24, 2.45) is 0 Å². The number of halogens is 3. The van der Waals surface area contributed by atoms with Crippen molar-refractivity contribution in [1.82, 2.24) is 9.97 Å². The predicted octanol–water partition coefficient (Wildman–Crippen LogP) is 7.26. The van der Waals surface area contributed by atoms with E-state index in [9.17, 15) is 23.1 Å². The van der Waals surface area contributed by atoms with Crippen LogP contribution in [0.25, 0.3) is 22.3 Å². The fourth-order valence-corrected chi connectivity index (χ4v) is 3.94. The second kappa shape index (κ2) is 9.34. The zero-order valence-corrected chi connectivity index (χ0v) is 19.5. The van der Waals surface area contributed by atoms with E-state index in [2.05, 4.69) is 20.6 Å². The van der Waals surface area contributed by atoms with Crippen molar-refractivity contribution in [2.45, 2.75) is 13.1 Å². The van der Waals surface area contributed by atoms with Crippen molar-refractivity contribution >= 4 is 34.0 Å². The molecule has 0 atom stereocenters. The number of hydrogen-bond donors (Lipinski definition) is 4. The van der Waals surface area contributed by atoms with Crippen molar-refractivity contribution in [2.75, 3.05) is 10.6 Å². The number of aromatic hydroxyl groups is 1. The summed E-state index contributed by atoms with van der Waals surface area (Å²) in [5, 5.41) is 16.4. The molecular weight excluding hydrogens is 481 g/mol. The van der Waals surface area contributed by atoms with Gasteiger partial charge in [-0.05, 0) is 79.2 Å². The summed E-state index contributed by atoms with van der Waals surface area (Å²) in [5.41, 5.74) is 3.90. The zero-order chi connectivity index (χ0) is 26.2. The summed E-state index contributed by atoms with van der Waals surface area (Å²) in [6.07, 6.45) is -2.73. The van der Waals surface area contributed by atoms with Gasteiger partial charge in [-0.15, -0.1) is 0 Å². The third-order valence-corrected chi connectivity index (χ3v) is 5.91. The summed E-state index contributed by atoms with van der Waals surface area (Å²) in [7, 11) is 0. The fraction of sp³-hybridized carbons (Fsp3) is 0.0714. The highest BCUT2D eigenvalue weighted by atomic mass is 19.4. The van der Waals surface area contributed by atoms with Crippen LogP contribution >= 0.6 is 0 Å². The van der Waals surface area contributed by atoms with E-state index in [0.29, 0.717) is 17.0 Å². The van der Waals surface area contributed by atoms with E-state index >= 15 is 0 Å². The van der Waals surface area contributed by atoms with Crippen LogP contribution in [0, 0.1) is 6.92 Å². The molecule has 0 aliphatic heterocycles. The Hall–Kier alpha value is -4.79. The molecule has 3 aromatic carbocycles. The summed E-state index contributed by atoms with van der Waals surface area (Å²) < 4.78 is 39.1. The van der Waals surface area contributed by atoms with Gasteiger partial charge < -0.3 is 20.7 Å². The lowest BCUT2D eigenvalue weighted by Crippen LogP contribution is -2.13. The van der Waals surface area contributed by atoms with Gasteiger partial charge in [0.1, 0.15) is 11.4 Å². The second-order valence-corrected chi connectivity index (χ2v) is 8.53. The van der Waals surface area contributed by atoms with Crippen LogP contribution in [-0.2, 0) is 6.18 Å². The summed E-state index contributed by atoms with van der Waals surface area (Å²) >= 11 is 0. The van der Waals surface area contributed by atoms with Crippen LogP contribution in [0.15, 0.2) is 85.1 Å². The Morgan fingerprint density at radius 1 is 0.946 bits per heavy atom. The van der Waals surface area contributed by atoms with Crippen molar-refractivity contribution in [1.29, 1.82) is 0 Å². The standard InChI is InChI=1S/C28H21F3N4O2/c1-16-5-6-18(27(37)33-20-4-2-3-19(14-20)28(29,30)31)13-23(16)34-25-15-24(17-7-9-21(36)10-8-17)35-26-22(25)11-12-32-26/h2-15,36H,1H3,(H,33,37)(H2,32,34,35). The van der Waals surface area contributed by atoms with Crippen LogP contribution in [0.1, 0.15) is 21.5 Å². The number of rotatable bonds is 5. The average molecular weight is 502 g/mol. The number of fused-ring (bicyclic) bond motifs is 1. The maximum Gasteiger partial charge on any atom is 0.416 e. The molecule has 0 saturated carbocycles. The Bertz CT molecular complexity index is 1610. The number of phenolic OH excluding ortho intramolecular Hbond substituents is 1. The van der Waals surface area contributed by atoms with Crippen LogP contribution in [0.5, 0.6) is 5.75 Å². The molecule has 6 nitrogen and oxygen atoms in total. The number of nitrogens with zero attached hydrogens (tertiary/aromatic N) is 1. The molecule has 186 valence electrons. The number of aryl methyl sites for hydroxylation is 1. The van der Waals surface area contributed by atoms with Crippen molar-refractivity contribution in [3.05, 3.63) is 102 Å². The number of H-pyrrole nitrogens is 1. The molecular formula is C28H21F3N4O2. The van der Waals surface area contributed by atoms with Gasteiger partial charge in [-0.3, -0.25) is 4.79 Å². The summed E-state index contributed by atoms with van der Waals surface area (Å²) in [6, 6.07) is 20.0. The highest BCUT2D eigenvalue weighted by molar-refractivity contribution is 6.05. The van der Waals surface area contributed by atoms with Crippen molar-refractivity contribution in [3.8, 4) is 17.0 Å². The number of phenols is 1. The number of carbonyl (C=O) groups is 1. The highest BCUT2D eigenvalue weighted by Gasteiger charge is 2.30. The smallest absolute Gasteiger partial charge is 0.416 e. The van der Waals surface area contributed by atoms with Gasteiger partial charge in [0.15, 0.2) is 0 Å². The largest absolute Gasteiger partial charge is 0.508 e.